The number of nitrogens with one attached hydrogen (secondary N) is 1. The van der Waals surface area contributed by atoms with Gasteiger partial charge in [-0.2, -0.15) is 0 Å². The van der Waals surface area contributed by atoms with Crippen molar-refractivity contribution in [1.82, 2.24) is 15.2 Å². The number of aromatic nitrogens is 1. The van der Waals surface area contributed by atoms with Crippen LogP contribution in [0.2, 0.25) is 5.02 Å². The van der Waals surface area contributed by atoms with Gasteiger partial charge in [0.15, 0.2) is 0 Å². The van der Waals surface area contributed by atoms with E-state index >= 15 is 0 Å². The number of benzene rings is 1. The van der Waals surface area contributed by atoms with Crippen molar-refractivity contribution >= 4 is 28.8 Å². The number of likely N-dealkylation sites (tertiary alicyclic amines) is 1. The van der Waals surface area contributed by atoms with Crippen LogP contribution in [0, 0.1) is 11.8 Å². The van der Waals surface area contributed by atoms with E-state index in [9.17, 15) is 4.79 Å². The zero-order valence-electron chi connectivity index (χ0n) is 17.2. The van der Waals surface area contributed by atoms with Crippen LogP contribution in [0.4, 0.5) is 0 Å². The summed E-state index contributed by atoms with van der Waals surface area (Å²) >= 11 is 7.77. The molecule has 0 saturated carbocycles. The molecule has 3 rings (SSSR count). The lowest BCUT2D eigenvalue weighted by molar-refractivity contribution is -0.121. The number of thiazole rings is 1. The fourth-order valence-electron chi connectivity index (χ4n) is 3.96. The van der Waals surface area contributed by atoms with E-state index in [0.29, 0.717) is 29.8 Å². The van der Waals surface area contributed by atoms with Crippen molar-refractivity contribution < 1.29 is 4.79 Å². The fourth-order valence-corrected chi connectivity index (χ4v) is 5.10. The summed E-state index contributed by atoms with van der Waals surface area (Å²) in [4.78, 5) is 19.6. The van der Waals surface area contributed by atoms with Crippen LogP contribution in [0.3, 0.4) is 0 Å². The van der Waals surface area contributed by atoms with E-state index in [4.69, 9.17) is 11.6 Å². The summed E-state index contributed by atoms with van der Waals surface area (Å²) in [5, 5.41) is 6.59. The maximum Gasteiger partial charge on any atom is 0.226 e. The number of hydrogen-bond acceptors (Lipinski definition) is 4. The van der Waals surface area contributed by atoms with Gasteiger partial charge < -0.3 is 5.32 Å². The predicted molar refractivity (Wildman–Crippen MR) is 118 cm³/mol. The van der Waals surface area contributed by atoms with E-state index in [-0.39, 0.29) is 11.4 Å². The molecule has 4 nitrogen and oxygen atoms in total. The number of carbonyl (C=O) groups excluding carboxylic acids is 1. The number of amides is 1. The minimum atomic E-state index is -0.0522. The molecule has 0 aliphatic carbocycles. The summed E-state index contributed by atoms with van der Waals surface area (Å²) in [5.74, 6) is 1.43. The third kappa shape index (κ3) is 5.34. The number of piperidine rings is 1. The molecule has 0 spiro atoms. The van der Waals surface area contributed by atoms with Crippen molar-refractivity contribution in [2.45, 2.75) is 46.1 Å². The van der Waals surface area contributed by atoms with Gasteiger partial charge in [-0.1, -0.05) is 43.6 Å². The Kier molecular flexibility index (Phi) is 6.79. The Hall–Kier alpha value is -1.43. The average molecular weight is 420 g/mol. The topological polar surface area (TPSA) is 45.2 Å². The highest BCUT2D eigenvalue weighted by Crippen LogP contribution is 2.30. The van der Waals surface area contributed by atoms with Gasteiger partial charge in [-0.25, -0.2) is 4.98 Å². The highest BCUT2D eigenvalue weighted by molar-refractivity contribution is 7.13. The van der Waals surface area contributed by atoms with Gasteiger partial charge in [0.2, 0.25) is 5.91 Å². The van der Waals surface area contributed by atoms with Crippen LogP contribution in [0.1, 0.15) is 39.8 Å². The molecule has 0 bridgehead atoms. The summed E-state index contributed by atoms with van der Waals surface area (Å²) in [6, 6.07) is 7.65. The Morgan fingerprint density at radius 1 is 1.29 bits per heavy atom. The molecular formula is C22H30ClN3OS. The Morgan fingerprint density at radius 3 is 2.64 bits per heavy atom. The average Bonchev–Trinajstić information content (AvgIpc) is 3.08. The van der Waals surface area contributed by atoms with Crippen LogP contribution >= 0.6 is 22.9 Å². The first-order valence-corrected chi connectivity index (χ1v) is 11.2. The minimum Gasteiger partial charge on any atom is -0.354 e. The molecule has 1 aromatic heterocycles. The molecule has 0 radical (unpaired) electrons. The van der Waals surface area contributed by atoms with Crippen molar-refractivity contribution in [3.8, 4) is 10.6 Å². The molecule has 1 amide bonds. The van der Waals surface area contributed by atoms with Gasteiger partial charge in [-0.15, -0.1) is 11.3 Å². The molecule has 1 saturated heterocycles. The SMILES string of the molecule is CC1CC(C)CN(C(C)(C)CNC(=O)Cc2csc(-c3ccccc3Cl)n2)C1. The Labute approximate surface area is 177 Å². The van der Waals surface area contributed by atoms with Crippen molar-refractivity contribution in [3.63, 3.8) is 0 Å². The highest BCUT2D eigenvalue weighted by Gasteiger charge is 2.32. The fraction of sp³-hybridized carbons (Fsp3) is 0.545. The molecule has 1 aliphatic heterocycles. The molecule has 1 N–H and O–H groups in total. The molecular weight excluding hydrogens is 390 g/mol. The van der Waals surface area contributed by atoms with E-state index in [0.717, 1.165) is 29.4 Å². The van der Waals surface area contributed by atoms with Crippen molar-refractivity contribution in [1.29, 1.82) is 0 Å². The van der Waals surface area contributed by atoms with Gasteiger partial charge in [-0.3, -0.25) is 9.69 Å². The summed E-state index contributed by atoms with van der Waals surface area (Å²) < 4.78 is 0. The van der Waals surface area contributed by atoms with Crippen molar-refractivity contribution in [2.24, 2.45) is 11.8 Å². The van der Waals surface area contributed by atoms with Crippen LogP contribution in [0.5, 0.6) is 0 Å². The van der Waals surface area contributed by atoms with E-state index in [2.05, 4.69) is 42.9 Å². The Balaban J connectivity index is 1.55. The molecule has 2 atom stereocenters. The zero-order chi connectivity index (χ0) is 20.3. The third-order valence-corrected chi connectivity index (χ3v) is 6.69. The maximum absolute atomic E-state index is 12.5. The summed E-state index contributed by atoms with van der Waals surface area (Å²) in [6.07, 6.45) is 1.58. The quantitative estimate of drug-likeness (QED) is 0.725. The van der Waals surface area contributed by atoms with E-state index in [1.807, 2.05) is 29.6 Å². The lowest BCUT2D eigenvalue weighted by Gasteiger charge is -2.45. The molecule has 2 aromatic rings. The van der Waals surface area contributed by atoms with E-state index < -0.39 is 0 Å². The molecule has 1 fully saturated rings. The number of carbonyl (C=O) groups is 1. The summed E-state index contributed by atoms with van der Waals surface area (Å²) in [6.45, 7) is 11.9. The number of halogens is 1. The Bertz CT molecular complexity index is 810. The summed E-state index contributed by atoms with van der Waals surface area (Å²) in [7, 11) is 0. The van der Waals surface area contributed by atoms with Crippen molar-refractivity contribution in [2.75, 3.05) is 19.6 Å². The summed E-state index contributed by atoms with van der Waals surface area (Å²) in [5.41, 5.74) is 1.65. The van der Waals surface area contributed by atoms with Crippen LogP contribution in [-0.4, -0.2) is 41.0 Å². The van der Waals surface area contributed by atoms with Gasteiger partial charge in [0, 0.05) is 36.1 Å². The number of hydrogen-bond donors (Lipinski definition) is 1. The second-order valence-corrected chi connectivity index (χ2v) is 10.0. The van der Waals surface area contributed by atoms with E-state index in [1.54, 1.807) is 0 Å². The highest BCUT2D eigenvalue weighted by atomic mass is 35.5. The molecule has 1 aromatic carbocycles. The molecule has 6 heteroatoms. The first-order valence-electron chi connectivity index (χ1n) is 9.95. The van der Waals surface area contributed by atoms with Crippen LogP contribution in [0.15, 0.2) is 29.6 Å². The van der Waals surface area contributed by atoms with Gasteiger partial charge in [0.25, 0.3) is 0 Å². The number of rotatable bonds is 6. The Morgan fingerprint density at radius 2 is 1.96 bits per heavy atom. The van der Waals surface area contributed by atoms with Gasteiger partial charge in [0.05, 0.1) is 17.1 Å². The van der Waals surface area contributed by atoms with Crippen LogP contribution in [0.25, 0.3) is 10.6 Å². The predicted octanol–water partition coefficient (Wildman–Crippen LogP) is 4.88. The van der Waals surface area contributed by atoms with E-state index in [1.165, 1.54) is 17.8 Å². The lowest BCUT2D eigenvalue weighted by atomic mass is 9.88. The van der Waals surface area contributed by atoms with Gasteiger partial charge in [-0.05, 0) is 38.2 Å². The van der Waals surface area contributed by atoms with Gasteiger partial charge >= 0.3 is 0 Å². The molecule has 28 heavy (non-hydrogen) atoms. The molecule has 1 aliphatic rings. The minimum absolute atomic E-state index is 0.0159. The van der Waals surface area contributed by atoms with Crippen molar-refractivity contribution in [3.05, 3.63) is 40.4 Å². The normalized spacial score (nSPS) is 20.9. The third-order valence-electron chi connectivity index (χ3n) is 5.44. The number of nitrogens with zero attached hydrogens (tertiary/aromatic N) is 2. The van der Waals surface area contributed by atoms with Crippen LogP contribution in [-0.2, 0) is 11.2 Å². The zero-order valence-corrected chi connectivity index (χ0v) is 18.7. The molecule has 152 valence electrons. The maximum atomic E-state index is 12.5. The largest absolute Gasteiger partial charge is 0.354 e. The van der Waals surface area contributed by atoms with Crippen LogP contribution < -0.4 is 5.32 Å². The first-order chi connectivity index (χ1) is 13.2. The molecule has 2 unspecified atom stereocenters. The van der Waals surface area contributed by atoms with Gasteiger partial charge in [0.1, 0.15) is 5.01 Å². The first kappa shape index (κ1) is 21.3. The molecule has 2 heterocycles. The lowest BCUT2D eigenvalue weighted by Crippen LogP contribution is -2.56. The second-order valence-electron chi connectivity index (χ2n) is 8.74. The standard InChI is InChI=1S/C22H30ClN3OS/c1-15-9-16(2)12-26(11-15)22(3,4)14-24-20(27)10-17-13-28-21(25-17)18-7-5-6-8-19(18)23/h5-8,13,15-16H,9-12,14H2,1-4H3,(H,24,27). The smallest absolute Gasteiger partial charge is 0.226 e. The monoisotopic (exact) mass is 419 g/mol. The second kappa shape index (κ2) is 8.93.